The number of aromatic nitrogens is 1. The lowest BCUT2D eigenvalue weighted by Gasteiger charge is -2.08. The third kappa shape index (κ3) is 2.57. The zero-order valence-corrected chi connectivity index (χ0v) is 10.1. The molecule has 0 spiro atoms. The second kappa shape index (κ2) is 4.61. The van der Waals surface area contributed by atoms with E-state index in [-0.39, 0.29) is 12.2 Å². The average molecular weight is 363 g/mol. The van der Waals surface area contributed by atoms with E-state index in [1.54, 1.807) is 6.07 Å². The highest BCUT2D eigenvalue weighted by Gasteiger charge is 2.17. The Balaban J connectivity index is 3.29. The Bertz CT molecular complexity index is 320. The molecule has 0 unspecified atom stereocenters. The Labute approximate surface area is 96.2 Å². The molecule has 2 N–H and O–H groups in total. The third-order valence-corrected chi connectivity index (χ3v) is 2.85. The normalized spacial score (nSPS) is 10.9. The Hall–Kier alpha value is 0.180. The molecule has 0 atom stereocenters. The minimum atomic E-state index is -2.58. The zero-order valence-electron chi connectivity index (χ0n) is 6.40. The van der Waals surface area contributed by atoms with E-state index in [9.17, 15) is 8.78 Å². The first-order valence-corrected chi connectivity index (χ1v) is 5.26. The van der Waals surface area contributed by atoms with E-state index in [1.807, 2.05) is 22.6 Å². The van der Waals surface area contributed by atoms with Crippen molar-refractivity contribution in [2.75, 3.05) is 0 Å². The molecular formula is C7H6BrF2IN2. The smallest absolute Gasteiger partial charge is 0.280 e. The molecular weight excluding hydrogens is 357 g/mol. The molecule has 1 heterocycles. The summed E-state index contributed by atoms with van der Waals surface area (Å²) in [5, 5.41) is 0. The van der Waals surface area contributed by atoms with Crippen molar-refractivity contribution in [2.24, 2.45) is 5.73 Å². The van der Waals surface area contributed by atoms with Gasteiger partial charge in [-0.25, -0.2) is 13.8 Å². The van der Waals surface area contributed by atoms with Crippen LogP contribution in [0.1, 0.15) is 17.7 Å². The minimum Gasteiger partial charge on any atom is -0.326 e. The maximum absolute atomic E-state index is 12.4. The molecule has 6 heteroatoms. The lowest BCUT2D eigenvalue weighted by molar-refractivity contribution is 0.144. The molecule has 0 aromatic carbocycles. The van der Waals surface area contributed by atoms with Crippen LogP contribution in [0.5, 0.6) is 0 Å². The quantitative estimate of drug-likeness (QED) is 0.649. The summed E-state index contributed by atoms with van der Waals surface area (Å²) in [5.41, 5.74) is 5.53. The maximum Gasteiger partial charge on any atom is 0.280 e. The van der Waals surface area contributed by atoms with Crippen molar-refractivity contribution < 1.29 is 8.78 Å². The summed E-state index contributed by atoms with van der Waals surface area (Å²) in [6.45, 7) is 0.0816. The van der Waals surface area contributed by atoms with Gasteiger partial charge in [-0.2, -0.15) is 0 Å². The van der Waals surface area contributed by atoms with Gasteiger partial charge in [0.25, 0.3) is 6.43 Å². The number of pyridine rings is 1. The lowest BCUT2D eigenvalue weighted by Crippen LogP contribution is -2.07. The van der Waals surface area contributed by atoms with Crippen molar-refractivity contribution >= 4 is 38.5 Å². The summed E-state index contributed by atoms with van der Waals surface area (Å²) < 4.78 is 26.0. The van der Waals surface area contributed by atoms with Crippen LogP contribution in [-0.2, 0) is 6.54 Å². The van der Waals surface area contributed by atoms with E-state index in [1.165, 1.54) is 0 Å². The summed E-state index contributed by atoms with van der Waals surface area (Å²) >= 11 is 5.02. The number of halogens is 4. The van der Waals surface area contributed by atoms with Crippen molar-refractivity contribution in [3.05, 3.63) is 25.5 Å². The first-order chi connectivity index (χ1) is 6.06. The topological polar surface area (TPSA) is 38.9 Å². The van der Waals surface area contributed by atoms with Crippen LogP contribution in [0, 0.1) is 3.57 Å². The second-order valence-corrected chi connectivity index (χ2v) is 4.27. The molecule has 72 valence electrons. The highest BCUT2D eigenvalue weighted by atomic mass is 127. The van der Waals surface area contributed by atoms with E-state index in [4.69, 9.17) is 5.73 Å². The van der Waals surface area contributed by atoms with Crippen LogP contribution in [0.4, 0.5) is 8.78 Å². The van der Waals surface area contributed by atoms with Crippen LogP contribution in [0.25, 0.3) is 0 Å². The Morgan fingerprint density at radius 2 is 2.23 bits per heavy atom. The molecule has 0 aliphatic carbocycles. The van der Waals surface area contributed by atoms with Crippen LogP contribution >= 0.6 is 38.5 Å². The number of hydrogen-bond acceptors (Lipinski definition) is 2. The van der Waals surface area contributed by atoms with Gasteiger partial charge in [-0.05, 0) is 44.6 Å². The van der Waals surface area contributed by atoms with Crippen LogP contribution in [0.2, 0.25) is 0 Å². The predicted octanol–water partition coefficient (Wildman–Crippen LogP) is 2.85. The molecule has 0 aliphatic heterocycles. The fourth-order valence-corrected chi connectivity index (χ4v) is 2.55. The number of alkyl halides is 2. The maximum atomic E-state index is 12.4. The second-order valence-electron chi connectivity index (χ2n) is 2.30. The Kier molecular flexibility index (Phi) is 3.99. The summed E-state index contributed by atoms with van der Waals surface area (Å²) in [6, 6.07) is 1.66. The van der Waals surface area contributed by atoms with Gasteiger partial charge in [0.1, 0.15) is 10.3 Å². The fourth-order valence-electron chi connectivity index (χ4n) is 0.911. The fraction of sp³-hybridized carbons (Fsp3) is 0.286. The van der Waals surface area contributed by atoms with Gasteiger partial charge in [-0.1, -0.05) is 0 Å². The van der Waals surface area contributed by atoms with Crippen LogP contribution in [0.3, 0.4) is 0 Å². The number of rotatable bonds is 2. The van der Waals surface area contributed by atoms with Gasteiger partial charge in [-0.15, -0.1) is 0 Å². The van der Waals surface area contributed by atoms with Gasteiger partial charge in [0.2, 0.25) is 0 Å². The van der Waals surface area contributed by atoms with Crippen LogP contribution < -0.4 is 5.73 Å². The van der Waals surface area contributed by atoms with Crippen LogP contribution in [-0.4, -0.2) is 4.98 Å². The van der Waals surface area contributed by atoms with E-state index >= 15 is 0 Å². The molecule has 2 nitrogen and oxygen atoms in total. The predicted molar refractivity (Wildman–Crippen MR) is 57.5 cm³/mol. The van der Waals surface area contributed by atoms with Gasteiger partial charge in [-0.3, -0.25) is 0 Å². The highest BCUT2D eigenvalue weighted by Crippen LogP contribution is 2.26. The first kappa shape index (κ1) is 11.3. The summed E-state index contributed by atoms with van der Waals surface area (Å²) in [4.78, 5) is 3.69. The Morgan fingerprint density at radius 1 is 1.62 bits per heavy atom. The van der Waals surface area contributed by atoms with Gasteiger partial charge in [0.15, 0.2) is 0 Å². The Morgan fingerprint density at radius 3 is 2.69 bits per heavy atom. The van der Waals surface area contributed by atoms with E-state index in [2.05, 4.69) is 20.9 Å². The van der Waals surface area contributed by atoms with Gasteiger partial charge >= 0.3 is 0 Å². The van der Waals surface area contributed by atoms with Gasteiger partial charge < -0.3 is 5.73 Å². The molecule has 0 radical (unpaired) electrons. The summed E-state index contributed by atoms with van der Waals surface area (Å²) in [5.74, 6) is 0. The van der Waals surface area contributed by atoms with Crippen molar-refractivity contribution in [1.29, 1.82) is 0 Å². The molecule has 0 saturated carbocycles. The monoisotopic (exact) mass is 362 g/mol. The average Bonchev–Trinajstić information content (AvgIpc) is 2.02. The van der Waals surface area contributed by atoms with Crippen LogP contribution in [0.15, 0.2) is 10.7 Å². The van der Waals surface area contributed by atoms with E-state index < -0.39 is 6.43 Å². The number of nitrogens with two attached hydrogens (primary N) is 1. The number of hydrogen-bond donors (Lipinski definition) is 1. The van der Waals surface area contributed by atoms with Gasteiger partial charge in [0.05, 0.1) is 0 Å². The summed E-state index contributed by atoms with van der Waals surface area (Å²) in [7, 11) is 0. The number of nitrogens with zero attached hydrogens (tertiary/aromatic N) is 1. The van der Waals surface area contributed by atoms with E-state index in [0.29, 0.717) is 13.7 Å². The van der Waals surface area contributed by atoms with E-state index in [0.717, 1.165) is 0 Å². The molecule has 1 rings (SSSR count). The molecule has 0 amide bonds. The van der Waals surface area contributed by atoms with Crippen molar-refractivity contribution in [1.82, 2.24) is 4.98 Å². The molecule has 0 bridgehead atoms. The third-order valence-electron chi connectivity index (χ3n) is 1.48. The molecule has 13 heavy (non-hydrogen) atoms. The van der Waals surface area contributed by atoms with Crippen molar-refractivity contribution in [2.45, 2.75) is 13.0 Å². The SMILES string of the molecule is NCc1c(I)cc(Br)nc1C(F)F. The first-order valence-electron chi connectivity index (χ1n) is 3.39. The molecule has 1 aromatic heterocycles. The minimum absolute atomic E-state index is 0.0816. The van der Waals surface area contributed by atoms with Gasteiger partial charge in [0, 0.05) is 15.7 Å². The molecule has 0 aliphatic rings. The molecule has 0 fully saturated rings. The van der Waals surface area contributed by atoms with Crippen molar-refractivity contribution in [3.63, 3.8) is 0 Å². The standard InChI is InChI=1S/C7H6BrF2IN2/c8-5-1-4(11)3(2-12)6(13-5)7(9)10/h1,7H,2,12H2. The van der Waals surface area contributed by atoms with Crippen molar-refractivity contribution in [3.8, 4) is 0 Å². The molecule has 1 aromatic rings. The lowest BCUT2D eigenvalue weighted by atomic mass is 10.2. The largest absolute Gasteiger partial charge is 0.326 e. The highest BCUT2D eigenvalue weighted by molar-refractivity contribution is 14.1. The summed E-state index contributed by atoms with van der Waals surface area (Å²) in [6.07, 6.45) is -2.58. The zero-order chi connectivity index (χ0) is 10.0. The molecule has 0 saturated heterocycles.